The van der Waals surface area contributed by atoms with Crippen molar-refractivity contribution in [2.24, 2.45) is 0 Å². The number of benzene rings is 4. The van der Waals surface area contributed by atoms with Crippen molar-refractivity contribution in [1.29, 1.82) is 0 Å². The summed E-state index contributed by atoms with van der Waals surface area (Å²) in [5.41, 5.74) is 1.87. The lowest BCUT2D eigenvalue weighted by atomic mass is 10.1. The monoisotopic (exact) mass is 497 g/mol. The number of thiophene rings is 1. The van der Waals surface area contributed by atoms with Crippen LogP contribution in [0.5, 0.6) is 11.5 Å². The number of esters is 1. The highest BCUT2D eigenvalue weighted by atomic mass is 32.1. The van der Waals surface area contributed by atoms with E-state index < -0.39 is 0 Å². The Kier molecular flexibility index (Phi) is 6.56. The summed E-state index contributed by atoms with van der Waals surface area (Å²) in [5.74, 6) is 0.745. The van der Waals surface area contributed by atoms with Crippen molar-refractivity contribution in [3.05, 3.63) is 101 Å². The third-order valence-electron chi connectivity index (χ3n) is 5.82. The second-order valence-electron chi connectivity index (χ2n) is 8.13. The largest absolute Gasteiger partial charge is 0.496 e. The maximum Gasteiger partial charge on any atom is 0.348 e. The molecule has 5 rings (SSSR count). The van der Waals surface area contributed by atoms with E-state index >= 15 is 0 Å². The highest BCUT2D eigenvalue weighted by Gasteiger charge is 2.14. The van der Waals surface area contributed by atoms with Crippen LogP contribution >= 0.6 is 11.3 Å². The van der Waals surface area contributed by atoms with Crippen molar-refractivity contribution < 1.29 is 23.8 Å². The molecule has 6 nitrogen and oxygen atoms in total. The van der Waals surface area contributed by atoms with E-state index in [2.05, 4.69) is 11.4 Å². The SMILES string of the molecule is COC(=O)c1cc2cc(NC(=O)c3ccc(OC)c(COc4ccc5ccccc5c4)c3)ccc2s1. The zero-order valence-corrected chi connectivity index (χ0v) is 20.6. The fourth-order valence-electron chi connectivity index (χ4n) is 3.98. The molecule has 0 unspecified atom stereocenters. The molecule has 7 heteroatoms. The first-order valence-corrected chi connectivity index (χ1v) is 12.1. The number of rotatable bonds is 7. The number of hydrogen-bond donors (Lipinski definition) is 1. The first-order chi connectivity index (χ1) is 17.5. The molecule has 1 N–H and O–H groups in total. The molecule has 5 aromatic rings. The van der Waals surface area contributed by atoms with E-state index in [0.717, 1.165) is 32.2 Å². The Balaban J connectivity index is 1.33. The number of methoxy groups -OCH3 is 2. The van der Waals surface area contributed by atoms with E-state index in [1.165, 1.54) is 18.4 Å². The molecule has 0 atom stereocenters. The summed E-state index contributed by atoms with van der Waals surface area (Å²) in [5, 5.41) is 6.02. The number of ether oxygens (including phenoxy) is 3. The first-order valence-electron chi connectivity index (χ1n) is 11.3. The summed E-state index contributed by atoms with van der Waals surface area (Å²) in [4.78, 5) is 25.3. The molecule has 180 valence electrons. The maximum atomic E-state index is 13.0. The van der Waals surface area contributed by atoms with Gasteiger partial charge in [-0.1, -0.05) is 30.3 Å². The third kappa shape index (κ3) is 4.87. The lowest BCUT2D eigenvalue weighted by Crippen LogP contribution is -2.12. The zero-order chi connectivity index (χ0) is 25.1. The number of anilines is 1. The van der Waals surface area contributed by atoms with Crippen LogP contribution in [0.15, 0.2) is 84.9 Å². The van der Waals surface area contributed by atoms with Crippen LogP contribution in [0.1, 0.15) is 25.6 Å². The van der Waals surface area contributed by atoms with Crippen molar-refractivity contribution in [2.75, 3.05) is 19.5 Å². The Hall–Kier alpha value is -4.36. The molecule has 1 heterocycles. The van der Waals surface area contributed by atoms with Crippen LogP contribution in [0, 0.1) is 0 Å². The molecule has 0 aliphatic heterocycles. The van der Waals surface area contributed by atoms with E-state index in [-0.39, 0.29) is 18.5 Å². The van der Waals surface area contributed by atoms with Gasteiger partial charge in [0, 0.05) is 21.5 Å². The average molecular weight is 498 g/mol. The molecular formula is C29H23NO5S. The van der Waals surface area contributed by atoms with Gasteiger partial charge < -0.3 is 19.5 Å². The van der Waals surface area contributed by atoms with Crippen LogP contribution in [-0.4, -0.2) is 26.1 Å². The lowest BCUT2D eigenvalue weighted by Gasteiger charge is -2.13. The van der Waals surface area contributed by atoms with Crippen molar-refractivity contribution in [3.63, 3.8) is 0 Å². The Bertz CT molecular complexity index is 1590. The molecule has 1 amide bonds. The van der Waals surface area contributed by atoms with Gasteiger partial charge in [0.05, 0.1) is 14.2 Å². The molecule has 0 saturated carbocycles. The highest BCUT2D eigenvalue weighted by molar-refractivity contribution is 7.20. The molecular weight excluding hydrogens is 474 g/mol. The molecule has 0 bridgehead atoms. The number of amides is 1. The van der Waals surface area contributed by atoms with Crippen molar-refractivity contribution >= 4 is 49.8 Å². The van der Waals surface area contributed by atoms with Gasteiger partial charge in [-0.2, -0.15) is 0 Å². The molecule has 1 aromatic heterocycles. The van der Waals surface area contributed by atoms with Gasteiger partial charge in [0.25, 0.3) is 5.91 Å². The van der Waals surface area contributed by atoms with Crippen LogP contribution in [0.2, 0.25) is 0 Å². The minimum Gasteiger partial charge on any atom is -0.496 e. The van der Waals surface area contributed by atoms with Gasteiger partial charge in [-0.3, -0.25) is 4.79 Å². The van der Waals surface area contributed by atoms with Crippen LogP contribution in [0.4, 0.5) is 5.69 Å². The smallest absolute Gasteiger partial charge is 0.348 e. The van der Waals surface area contributed by atoms with E-state index in [9.17, 15) is 9.59 Å². The van der Waals surface area contributed by atoms with Gasteiger partial charge in [-0.15, -0.1) is 11.3 Å². The van der Waals surface area contributed by atoms with E-state index in [1.807, 2.05) is 54.6 Å². The normalized spacial score (nSPS) is 10.8. The zero-order valence-electron chi connectivity index (χ0n) is 19.7. The van der Waals surface area contributed by atoms with Crippen molar-refractivity contribution in [1.82, 2.24) is 0 Å². The summed E-state index contributed by atoms with van der Waals surface area (Å²) < 4.78 is 17.2. The summed E-state index contributed by atoms with van der Waals surface area (Å²) in [7, 11) is 2.95. The maximum absolute atomic E-state index is 13.0. The average Bonchev–Trinajstić information content (AvgIpc) is 3.34. The molecule has 0 aliphatic rings. The summed E-state index contributed by atoms with van der Waals surface area (Å²) in [6.45, 7) is 0.250. The molecule has 0 saturated heterocycles. The molecule has 0 radical (unpaired) electrons. The minimum absolute atomic E-state index is 0.250. The third-order valence-corrected chi connectivity index (χ3v) is 6.91. The van der Waals surface area contributed by atoms with Gasteiger partial charge in [0.1, 0.15) is 23.0 Å². The van der Waals surface area contributed by atoms with Gasteiger partial charge in [0.15, 0.2) is 0 Å². The topological polar surface area (TPSA) is 73.9 Å². The Morgan fingerprint density at radius 3 is 2.47 bits per heavy atom. The van der Waals surface area contributed by atoms with Crippen LogP contribution in [-0.2, 0) is 11.3 Å². The number of fused-ring (bicyclic) bond motifs is 2. The van der Waals surface area contributed by atoms with Crippen LogP contribution < -0.4 is 14.8 Å². The predicted molar refractivity (Wildman–Crippen MR) is 142 cm³/mol. The van der Waals surface area contributed by atoms with Crippen LogP contribution in [0.25, 0.3) is 20.9 Å². The van der Waals surface area contributed by atoms with E-state index in [0.29, 0.717) is 21.9 Å². The highest BCUT2D eigenvalue weighted by Crippen LogP contribution is 2.29. The number of nitrogens with one attached hydrogen (secondary N) is 1. The van der Waals surface area contributed by atoms with Gasteiger partial charge in [-0.25, -0.2) is 4.79 Å². The second kappa shape index (κ2) is 10.1. The van der Waals surface area contributed by atoms with E-state index in [1.54, 1.807) is 31.4 Å². The fourth-order valence-corrected chi connectivity index (χ4v) is 4.94. The predicted octanol–water partition coefficient (Wildman–Crippen LogP) is 6.68. The van der Waals surface area contributed by atoms with Crippen LogP contribution in [0.3, 0.4) is 0 Å². The second-order valence-corrected chi connectivity index (χ2v) is 9.22. The standard InChI is InChI=1S/C29H23NO5S/c1-33-25-11-8-20(13-22(25)17-35-24-10-7-18-5-3-4-6-19(18)15-24)28(31)30-23-9-12-26-21(14-23)16-27(36-26)29(32)34-2/h3-16H,17H2,1-2H3,(H,30,31). The van der Waals surface area contributed by atoms with E-state index in [4.69, 9.17) is 14.2 Å². The molecule has 0 fully saturated rings. The number of hydrogen-bond acceptors (Lipinski definition) is 6. The van der Waals surface area contributed by atoms with Crippen molar-refractivity contribution in [3.8, 4) is 11.5 Å². The minimum atomic E-state index is -0.376. The number of carbonyl (C=O) groups excluding carboxylic acids is 2. The molecule has 4 aromatic carbocycles. The Labute approximate surface area is 212 Å². The quantitative estimate of drug-likeness (QED) is 0.254. The molecule has 36 heavy (non-hydrogen) atoms. The lowest BCUT2D eigenvalue weighted by molar-refractivity contribution is 0.0606. The summed E-state index contributed by atoms with van der Waals surface area (Å²) in [6.07, 6.45) is 0. The van der Waals surface area contributed by atoms with Gasteiger partial charge in [-0.05, 0) is 70.8 Å². The van der Waals surface area contributed by atoms with Gasteiger partial charge in [0.2, 0.25) is 0 Å². The molecule has 0 aliphatic carbocycles. The molecule has 0 spiro atoms. The van der Waals surface area contributed by atoms with Gasteiger partial charge >= 0.3 is 5.97 Å². The Morgan fingerprint density at radius 1 is 0.833 bits per heavy atom. The summed E-state index contributed by atoms with van der Waals surface area (Å²) in [6, 6.07) is 26.6. The number of carbonyl (C=O) groups is 2. The Morgan fingerprint density at radius 2 is 1.67 bits per heavy atom. The first kappa shape index (κ1) is 23.4. The van der Waals surface area contributed by atoms with Crippen molar-refractivity contribution in [2.45, 2.75) is 6.61 Å². The fraction of sp³-hybridized carbons (Fsp3) is 0.103. The summed E-state index contributed by atoms with van der Waals surface area (Å²) >= 11 is 1.35.